The molecule has 3 aromatic rings. The third kappa shape index (κ3) is 10.2. The van der Waals surface area contributed by atoms with Gasteiger partial charge in [0.1, 0.15) is 11.9 Å². The number of benzene rings is 2. The predicted molar refractivity (Wildman–Crippen MR) is 147 cm³/mol. The van der Waals surface area contributed by atoms with Crippen LogP contribution in [0.2, 0.25) is 0 Å². The van der Waals surface area contributed by atoms with Crippen LogP contribution in [0.4, 0.5) is 24.9 Å². The smallest absolute Gasteiger partial charge is 0.475 e. The highest BCUT2D eigenvalue weighted by Gasteiger charge is 2.38. The average molecular weight is 558 g/mol. The first-order valence-corrected chi connectivity index (χ1v) is 13.1. The molecule has 40 heavy (non-hydrogen) atoms. The summed E-state index contributed by atoms with van der Waals surface area (Å²) in [5.41, 5.74) is 4.35. The number of carbonyl (C=O) groups excluding carboxylic acids is 1. The minimum Gasteiger partial charge on any atom is -0.475 e. The zero-order valence-electron chi connectivity index (χ0n) is 22.5. The number of nitrogens with zero attached hydrogens (tertiary/aromatic N) is 2. The first-order valence-electron chi connectivity index (χ1n) is 13.1. The number of halogens is 3. The second kappa shape index (κ2) is 14.3. The van der Waals surface area contributed by atoms with Gasteiger partial charge in [-0.1, -0.05) is 73.0 Å². The van der Waals surface area contributed by atoms with Crippen molar-refractivity contribution in [1.29, 1.82) is 0 Å². The molecule has 2 aromatic carbocycles. The fourth-order valence-corrected chi connectivity index (χ4v) is 4.33. The van der Waals surface area contributed by atoms with Gasteiger partial charge in [0.2, 0.25) is 11.9 Å². The molecule has 1 aliphatic carbocycles. The third-order valence-electron chi connectivity index (χ3n) is 6.25. The summed E-state index contributed by atoms with van der Waals surface area (Å²) in [7, 11) is 0. The van der Waals surface area contributed by atoms with Gasteiger partial charge in [0, 0.05) is 30.8 Å². The molecule has 1 saturated carbocycles. The lowest BCUT2D eigenvalue weighted by molar-refractivity contribution is -0.192. The van der Waals surface area contributed by atoms with Gasteiger partial charge in [0.25, 0.3) is 0 Å². The Hall–Kier alpha value is -4.15. The fraction of sp³-hybridized carbons (Fsp3) is 0.379. The van der Waals surface area contributed by atoms with Crippen LogP contribution in [0.15, 0.2) is 60.7 Å². The van der Waals surface area contributed by atoms with Gasteiger partial charge in [-0.05, 0) is 37.8 Å². The van der Waals surface area contributed by atoms with Crippen LogP contribution >= 0.6 is 0 Å². The summed E-state index contributed by atoms with van der Waals surface area (Å²) in [6.45, 7) is 4.66. The molecule has 8 nitrogen and oxygen atoms in total. The minimum absolute atomic E-state index is 0.0243. The lowest BCUT2D eigenvalue weighted by Crippen LogP contribution is -2.45. The first-order chi connectivity index (χ1) is 19.0. The average Bonchev–Trinajstić information content (AvgIpc) is 3.40. The molecule has 0 spiro atoms. The molecule has 11 heteroatoms. The Labute approximate surface area is 231 Å². The van der Waals surface area contributed by atoms with Crippen molar-refractivity contribution in [3.05, 3.63) is 83.0 Å². The molecular formula is C29H34F3N5O3. The molecule has 4 N–H and O–H groups in total. The van der Waals surface area contributed by atoms with E-state index in [1.807, 2.05) is 37.3 Å². The number of aliphatic carboxylic acids is 1. The van der Waals surface area contributed by atoms with E-state index in [-0.39, 0.29) is 11.9 Å². The number of carboxylic acids is 1. The number of amides is 1. The molecule has 0 aliphatic heterocycles. The summed E-state index contributed by atoms with van der Waals surface area (Å²) < 4.78 is 31.7. The lowest BCUT2D eigenvalue weighted by Gasteiger charge is -2.22. The maximum atomic E-state index is 13.2. The van der Waals surface area contributed by atoms with E-state index >= 15 is 0 Å². The number of aromatic nitrogens is 2. The fourth-order valence-electron chi connectivity index (χ4n) is 4.33. The van der Waals surface area contributed by atoms with Gasteiger partial charge in [-0.25, -0.2) is 9.78 Å². The molecule has 1 heterocycles. The van der Waals surface area contributed by atoms with Crippen LogP contribution in [0, 0.1) is 13.8 Å². The Bertz CT molecular complexity index is 1270. The normalized spacial score (nSPS) is 14.0. The SMILES string of the molecule is Cc1cccc(CNc2nc(C)cc(N[C@@H](Cc3ccccc3)C(=O)NC3CCCC3)n2)c1.O=C(O)C(F)(F)F. The van der Waals surface area contributed by atoms with E-state index in [9.17, 15) is 18.0 Å². The van der Waals surface area contributed by atoms with Crippen molar-refractivity contribution in [3.8, 4) is 0 Å². The van der Waals surface area contributed by atoms with Crippen LogP contribution in [0.25, 0.3) is 0 Å². The van der Waals surface area contributed by atoms with Crippen LogP contribution in [0.5, 0.6) is 0 Å². The first kappa shape index (κ1) is 30.4. The molecule has 1 amide bonds. The van der Waals surface area contributed by atoms with Crippen LogP contribution in [0.3, 0.4) is 0 Å². The van der Waals surface area contributed by atoms with Crippen molar-refractivity contribution < 1.29 is 27.9 Å². The van der Waals surface area contributed by atoms with Gasteiger partial charge in [-0.15, -0.1) is 0 Å². The highest BCUT2D eigenvalue weighted by molar-refractivity contribution is 5.85. The number of carboxylic acid groups (broad SMARTS) is 1. The van der Waals surface area contributed by atoms with E-state index in [2.05, 4.69) is 63.2 Å². The van der Waals surface area contributed by atoms with E-state index in [1.54, 1.807) is 0 Å². The summed E-state index contributed by atoms with van der Waals surface area (Å²) in [5.74, 6) is -1.53. The standard InChI is InChI=1S/C27H33N5O.C2HF3O2/c1-19-9-8-12-22(15-19)18-28-27-29-20(2)16-25(32-27)31-24(17-21-10-4-3-5-11-21)26(33)30-23-13-6-7-14-23;3-2(4,5)1(6)7/h3-5,8-12,15-16,23-24H,6-7,13-14,17-18H2,1-2H3,(H,30,33)(H2,28,29,31,32);(H,6,7)/t24-;/m0./s1. The summed E-state index contributed by atoms with van der Waals surface area (Å²) >= 11 is 0. The Balaban J connectivity index is 0.000000559. The van der Waals surface area contributed by atoms with E-state index in [4.69, 9.17) is 9.90 Å². The Morgan fingerprint density at radius 1 is 0.975 bits per heavy atom. The topological polar surface area (TPSA) is 116 Å². The quantitative estimate of drug-likeness (QED) is 0.278. The molecule has 1 fully saturated rings. The van der Waals surface area contributed by atoms with Crippen molar-refractivity contribution >= 4 is 23.6 Å². The van der Waals surface area contributed by atoms with Crippen molar-refractivity contribution in [2.24, 2.45) is 0 Å². The monoisotopic (exact) mass is 557 g/mol. The highest BCUT2D eigenvalue weighted by Crippen LogP contribution is 2.19. The summed E-state index contributed by atoms with van der Waals surface area (Å²) in [6.07, 6.45) is -0.00696. The Morgan fingerprint density at radius 3 is 2.25 bits per heavy atom. The number of hydrogen-bond acceptors (Lipinski definition) is 6. The molecule has 0 saturated heterocycles. The second-order valence-corrected chi connectivity index (χ2v) is 9.74. The zero-order valence-corrected chi connectivity index (χ0v) is 22.5. The number of rotatable bonds is 9. The zero-order chi connectivity index (χ0) is 29.1. The molecule has 1 aliphatic rings. The van der Waals surface area contributed by atoms with E-state index in [0.29, 0.717) is 24.7 Å². The van der Waals surface area contributed by atoms with E-state index in [1.165, 1.54) is 24.0 Å². The van der Waals surface area contributed by atoms with Gasteiger partial charge in [-0.3, -0.25) is 4.79 Å². The maximum absolute atomic E-state index is 13.2. The highest BCUT2D eigenvalue weighted by atomic mass is 19.4. The minimum atomic E-state index is -5.08. The van der Waals surface area contributed by atoms with Gasteiger partial charge >= 0.3 is 12.1 Å². The van der Waals surface area contributed by atoms with Gasteiger partial charge in [0.15, 0.2) is 0 Å². The van der Waals surface area contributed by atoms with E-state index in [0.717, 1.165) is 24.1 Å². The number of carbonyl (C=O) groups is 2. The summed E-state index contributed by atoms with van der Waals surface area (Å²) in [4.78, 5) is 31.3. The Morgan fingerprint density at radius 2 is 1.62 bits per heavy atom. The third-order valence-corrected chi connectivity index (χ3v) is 6.25. The van der Waals surface area contributed by atoms with Crippen LogP contribution in [-0.2, 0) is 22.6 Å². The number of hydrogen-bond donors (Lipinski definition) is 4. The summed E-state index contributed by atoms with van der Waals surface area (Å²) in [6, 6.07) is 20.2. The van der Waals surface area contributed by atoms with E-state index < -0.39 is 18.2 Å². The molecule has 0 bridgehead atoms. The number of alkyl halides is 3. The summed E-state index contributed by atoms with van der Waals surface area (Å²) in [5, 5.41) is 17.1. The van der Waals surface area contributed by atoms with Gasteiger partial charge < -0.3 is 21.1 Å². The lowest BCUT2D eigenvalue weighted by atomic mass is 10.0. The van der Waals surface area contributed by atoms with Crippen molar-refractivity contribution in [2.75, 3.05) is 10.6 Å². The second-order valence-electron chi connectivity index (χ2n) is 9.74. The number of anilines is 2. The van der Waals surface area contributed by atoms with Crippen molar-refractivity contribution in [2.45, 2.75) is 70.8 Å². The molecule has 1 atom stereocenters. The van der Waals surface area contributed by atoms with Crippen LogP contribution < -0.4 is 16.0 Å². The van der Waals surface area contributed by atoms with Gasteiger partial charge in [0.05, 0.1) is 0 Å². The van der Waals surface area contributed by atoms with Crippen LogP contribution in [-0.4, -0.2) is 45.2 Å². The number of nitrogens with one attached hydrogen (secondary N) is 3. The molecular weight excluding hydrogens is 523 g/mol. The molecule has 4 rings (SSSR count). The van der Waals surface area contributed by atoms with Gasteiger partial charge in [-0.2, -0.15) is 18.2 Å². The molecule has 0 unspecified atom stereocenters. The maximum Gasteiger partial charge on any atom is 0.490 e. The Kier molecular flexibility index (Phi) is 10.9. The predicted octanol–water partition coefficient (Wildman–Crippen LogP) is 5.42. The van der Waals surface area contributed by atoms with Crippen molar-refractivity contribution in [1.82, 2.24) is 15.3 Å². The molecule has 214 valence electrons. The molecule has 1 aromatic heterocycles. The van der Waals surface area contributed by atoms with Crippen LogP contribution in [0.1, 0.15) is 48.1 Å². The molecule has 0 radical (unpaired) electrons. The number of aryl methyl sites for hydroxylation is 2. The largest absolute Gasteiger partial charge is 0.490 e. The van der Waals surface area contributed by atoms with Crippen molar-refractivity contribution in [3.63, 3.8) is 0 Å².